The molecule has 5 heteroatoms. The molecule has 0 aliphatic carbocycles. The van der Waals surface area contributed by atoms with Crippen LogP contribution in [0.3, 0.4) is 0 Å². The fourth-order valence-electron chi connectivity index (χ4n) is 7.63. The molecule has 5 nitrogen and oxygen atoms in total. The molecular weight excluding hydrogens is 909 g/mol. The van der Waals surface area contributed by atoms with Crippen molar-refractivity contribution >= 4 is 11.9 Å². The molecule has 0 spiro atoms. The zero-order valence-corrected chi connectivity index (χ0v) is 47.3. The molecule has 0 bridgehead atoms. The topological polar surface area (TPSA) is 72.8 Å². The molecule has 0 aromatic rings. The Bertz CT molecular complexity index is 1670. The molecular formula is C69H108O5. The molecule has 74 heavy (non-hydrogen) atoms. The van der Waals surface area contributed by atoms with Gasteiger partial charge in [0.1, 0.15) is 6.61 Å². The van der Waals surface area contributed by atoms with Gasteiger partial charge in [-0.2, -0.15) is 0 Å². The molecule has 0 fully saturated rings. The summed E-state index contributed by atoms with van der Waals surface area (Å²) in [4.78, 5) is 24.6. The second-order valence-electron chi connectivity index (χ2n) is 19.0. The maximum absolute atomic E-state index is 12.3. The summed E-state index contributed by atoms with van der Waals surface area (Å²) < 4.78 is 10.7. The number of allylic oxidation sites excluding steroid dienone is 28. The number of carbonyl (C=O) groups is 2. The quantitative estimate of drug-likeness (QED) is 0.0373. The van der Waals surface area contributed by atoms with E-state index in [1.54, 1.807) is 0 Å². The van der Waals surface area contributed by atoms with Crippen LogP contribution >= 0.6 is 0 Å². The van der Waals surface area contributed by atoms with Crippen molar-refractivity contribution in [2.75, 3.05) is 13.2 Å². The van der Waals surface area contributed by atoms with Crippen LogP contribution in [0.1, 0.15) is 232 Å². The van der Waals surface area contributed by atoms with Gasteiger partial charge in [0.15, 0.2) is 6.10 Å². The van der Waals surface area contributed by atoms with E-state index in [0.29, 0.717) is 12.8 Å². The molecule has 0 amide bonds. The predicted molar refractivity (Wildman–Crippen MR) is 324 cm³/mol. The Morgan fingerprint density at radius 2 is 0.541 bits per heavy atom. The second kappa shape index (κ2) is 62.6. The monoisotopic (exact) mass is 1020 g/mol. The van der Waals surface area contributed by atoms with Crippen LogP contribution in [0.25, 0.3) is 0 Å². The number of aliphatic hydroxyl groups excluding tert-OH is 1. The van der Waals surface area contributed by atoms with Gasteiger partial charge in [0.2, 0.25) is 0 Å². The van der Waals surface area contributed by atoms with Crippen LogP contribution in [0, 0.1) is 0 Å². The minimum atomic E-state index is -0.795. The highest BCUT2D eigenvalue weighted by Crippen LogP contribution is 2.14. The van der Waals surface area contributed by atoms with Gasteiger partial charge in [-0.15, -0.1) is 0 Å². The van der Waals surface area contributed by atoms with E-state index in [-0.39, 0.29) is 25.2 Å². The summed E-state index contributed by atoms with van der Waals surface area (Å²) in [6.07, 6.45) is 97.5. The number of ether oxygens (including phenoxy) is 2. The lowest BCUT2D eigenvalue weighted by molar-refractivity contribution is -0.161. The molecule has 0 aromatic carbocycles. The molecule has 1 atom stereocenters. The zero-order chi connectivity index (χ0) is 53.4. The molecule has 0 rings (SSSR count). The van der Waals surface area contributed by atoms with E-state index in [2.05, 4.69) is 184 Å². The predicted octanol–water partition coefficient (Wildman–Crippen LogP) is 20.5. The molecule has 0 aromatic heterocycles. The molecule has 414 valence electrons. The summed E-state index contributed by atoms with van der Waals surface area (Å²) >= 11 is 0. The Balaban J connectivity index is 3.61. The van der Waals surface area contributed by atoms with E-state index in [1.165, 1.54) is 70.6 Å². The highest BCUT2D eigenvalue weighted by Gasteiger charge is 2.16. The zero-order valence-electron chi connectivity index (χ0n) is 47.3. The first-order valence-electron chi connectivity index (χ1n) is 29.7. The van der Waals surface area contributed by atoms with Crippen molar-refractivity contribution in [3.05, 3.63) is 170 Å². The van der Waals surface area contributed by atoms with E-state index in [4.69, 9.17) is 9.47 Å². The van der Waals surface area contributed by atoms with Crippen LogP contribution in [-0.2, 0) is 19.1 Å². The summed E-state index contributed by atoms with van der Waals surface area (Å²) in [5.41, 5.74) is 0. The van der Waals surface area contributed by atoms with Crippen molar-refractivity contribution in [1.29, 1.82) is 0 Å². The number of aliphatic hydroxyl groups is 1. The molecule has 1 unspecified atom stereocenters. The van der Waals surface area contributed by atoms with Gasteiger partial charge in [0.05, 0.1) is 6.61 Å². The second-order valence-corrected chi connectivity index (χ2v) is 19.0. The maximum Gasteiger partial charge on any atom is 0.306 e. The molecule has 0 saturated heterocycles. The first kappa shape index (κ1) is 69.3. The minimum Gasteiger partial charge on any atom is -0.462 e. The summed E-state index contributed by atoms with van der Waals surface area (Å²) in [5.74, 6) is -0.624. The lowest BCUT2D eigenvalue weighted by atomic mass is 10.0. The van der Waals surface area contributed by atoms with Crippen molar-refractivity contribution in [3.8, 4) is 0 Å². The fourth-order valence-corrected chi connectivity index (χ4v) is 7.63. The van der Waals surface area contributed by atoms with Crippen LogP contribution in [0.5, 0.6) is 0 Å². The average Bonchev–Trinajstić information content (AvgIpc) is 3.40. The van der Waals surface area contributed by atoms with Crippen LogP contribution in [0.2, 0.25) is 0 Å². The van der Waals surface area contributed by atoms with E-state index >= 15 is 0 Å². The number of rotatable bonds is 52. The number of hydrogen-bond donors (Lipinski definition) is 1. The van der Waals surface area contributed by atoms with Crippen LogP contribution < -0.4 is 0 Å². The van der Waals surface area contributed by atoms with Gasteiger partial charge in [0.25, 0.3) is 0 Å². The Labute approximate surface area is 455 Å². The Hall–Kier alpha value is -4.74. The third-order valence-electron chi connectivity index (χ3n) is 12.0. The van der Waals surface area contributed by atoms with E-state index in [9.17, 15) is 14.7 Å². The number of carbonyl (C=O) groups excluding carboxylic acids is 2. The van der Waals surface area contributed by atoms with Gasteiger partial charge in [-0.3, -0.25) is 9.59 Å². The molecule has 0 radical (unpaired) electrons. The van der Waals surface area contributed by atoms with Gasteiger partial charge in [-0.25, -0.2) is 0 Å². The van der Waals surface area contributed by atoms with Crippen molar-refractivity contribution < 1.29 is 24.2 Å². The standard InChI is InChI=1S/C69H108O5/c1-3-5-7-9-11-13-15-17-19-21-23-25-27-29-30-31-32-33-34-35-36-37-38-40-42-44-46-48-50-52-54-56-58-60-62-64-69(72)74-67(65-70)66-73-68(71)63-61-59-57-55-53-51-49-47-45-43-41-39-28-26-24-22-20-18-16-14-12-10-8-6-4-2/h5-8,11-14,17-20,23-26,29-30,32-33,35-36,38-41,45,47,67,70H,3-4,9-10,15-16,21-22,27-28,31,34,37,42-44,46,48-66H2,1-2H3/b7-5-,8-6-,13-11-,14-12-,19-17-,20-18-,25-23-,26-24-,30-29-,33-32-,36-35-,40-38-,41-39-,47-45-. The number of unbranched alkanes of at least 4 members (excludes halogenated alkanes) is 16. The van der Waals surface area contributed by atoms with E-state index in [0.717, 1.165) is 135 Å². The maximum atomic E-state index is 12.3. The van der Waals surface area contributed by atoms with Gasteiger partial charge in [-0.1, -0.05) is 261 Å². The summed E-state index contributed by atoms with van der Waals surface area (Å²) in [7, 11) is 0. The first-order valence-corrected chi connectivity index (χ1v) is 29.7. The SMILES string of the molecule is CC/C=C\C/C=C\C/C=C\C/C=C\C/C=C\C/C=C\C/C=C\C/C=C\CCCCCCCCCCCCC(=O)OC(CO)COC(=O)CCCCCCCC/C=C\C/C=C\C/C=C\C/C=C\C/C=C\C/C=C\CC. The van der Waals surface area contributed by atoms with E-state index in [1.807, 2.05) is 0 Å². The molecule has 0 aliphatic rings. The molecule has 0 aliphatic heterocycles. The third kappa shape index (κ3) is 59.8. The molecule has 0 saturated carbocycles. The van der Waals surface area contributed by atoms with Crippen molar-refractivity contribution in [3.63, 3.8) is 0 Å². The van der Waals surface area contributed by atoms with E-state index < -0.39 is 6.10 Å². The summed E-state index contributed by atoms with van der Waals surface area (Å²) in [6, 6.07) is 0. The normalized spacial score (nSPS) is 13.5. The lowest BCUT2D eigenvalue weighted by Gasteiger charge is -2.15. The van der Waals surface area contributed by atoms with Gasteiger partial charge < -0.3 is 14.6 Å². The van der Waals surface area contributed by atoms with Gasteiger partial charge in [-0.05, 0) is 128 Å². The average molecular weight is 1020 g/mol. The van der Waals surface area contributed by atoms with Crippen LogP contribution in [-0.4, -0.2) is 36.4 Å². The molecule has 0 heterocycles. The highest BCUT2D eigenvalue weighted by molar-refractivity contribution is 5.70. The molecule has 1 N–H and O–H groups in total. The van der Waals surface area contributed by atoms with Crippen molar-refractivity contribution in [2.45, 2.75) is 238 Å². The van der Waals surface area contributed by atoms with Crippen LogP contribution in [0.15, 0.2) is 170 Å². The minimum absolute atomic E-state index is 0.0865. The Morgan fingerprint density at radius 3 is 0.811 bits per heavy atom. The van der Waals surface area contributed by atoms with Crippen molar-refractivity contribution in [1.82, 2.24) is 0 Å². The smallest absolute Gasteiger partial charge is 0.306 e. The Kier molecular flexibility index (Phi) is 58.5. The Morgan fingerprint density at radius 1 is 0.311 bits per heavy atom. The number of hydrogen-bond acceptors (Lipinski definition) is 5. The third-order valence-corrected chi connectivity index (χ3v) is 12.0. The van der Waals surface area contributed by atoms with Gasteiger partial charge in [0, 0.05) is 12.8 Å². The largest absolute Gasteiger partial charge is 0.462 e. The first-order chi connectivity index (χ1) is 36.6. The fraction of sp³-hybridized carbons (Fsp3) is 0.565. The van der Waals surface area contributed by atoms with Crippen LogP contribution in [0.4, 0.5) is 0 Å². The summed E-state index contributed by atoms with van der Waals surface area (Å²) in [6.45, 7) is 3.89. The number of esters is 2. The van der Waals surface area contributed by atoms with Crippen molar-refractivity contribution in [2.24, 2.45) is 0 Å². The summed E-state index contributed by atoms with van der Waals surface area (Å²) in [5, 5.41) is 9.67. The highest BCUT2D eigenvalue weighted by atomic mass is 16.6. The lowest BCUT2D eigenvalue weighted by Crippen LogP contribution is -2.28. The van der Waals surface area contributed by atoms with Gasteiger partial charge >= 0.3 is 11.9 Å².